The van der Waals surface area contributed by atoms with E-state index in [-0.39, 0.29) is 51.4 Å². The van der Waals surface area contributed by atoms with Gasteiger partial charge in [0.1, 0.15) is 96.8 Å². The zero-order valence-corrected chi connectivity index (χ0v) is 36.0. The molecule has 3 fully saturated rings. The van der Waals surface area contributed by atoms with Crippen LogP contribution in [-0.2, 0) is 33.2 Å². The minimum absolute atomic E-state index is 0.0319. The maximum atomic E-state index is 12.9. The van der Waals surface area contributed by atoms with Gasteiger partial charge in [-0.25, -0.2) is 4.79 Å². The predicted molar refractivity (Wildman–Crippen MR) is 224 cm³/mol. The maximum Gasteiger partial charge on any atom is 0.330 e. The summed E-state index contributed by atoms with van der Waals surface area (Å²) in [7, 11) is 2.62. The van der Waals surface area contributed by atoms with Crippen LogP contribution in [0.3, 0.4) is 0 Å². The second-order valence-electron chi connectivity index (χ2n) is 16.0. The zero-order chi connectivity index (χ0) is 49.1. The molecule has 16 atom stereocenters. The Hall–Kier alpha value is -5.55. The molecule has 0 amide bonds. The minimum Gasteiger partial charge on any atom is -0.508 e. The summed E-state index contributed by atoms with van der Waals surface area (Å²) in [6.45, 7) is -2.38. The third kappa shape index (κ3) is 10.5. The van der Waals surface area contributed by atoms with Crippen molar-refractivity contribution >= 4 is 18.1 Å². The van der Waals surface area contributed by atoms with Gasteiger partial charge in [-0.1, -0.05) is 12.1 Å². The molecule has 3 aromatic carbocycles. The van der Waals surface area contributed by atoms with Crippen molar-refractivity contribution in [3.63, 3.8) is 0 Å². The van der Waals surface area contributed by atoms with Crippen molar-refractivity contribution in [2.45, 2.75) is 98.2 Å². The number of rotatable bonds is 15. The van der Waals surface area contributed by atoms with E-state index in [9.17, 15) is 71.2 Å². The summed E-state index contributed by atoms with van der Waals surface area (Å²) in [5.74, 6) is -2.36. The lowest BCUT2D eigenvalue weighted by Gasteiger charge is -2.46. The number of ether oxygens (including phenoxy) is 10. The van der Waals surface area contributed by atoms with Gasteiger partial charge in [-0.15, -0.1) is 0 Å². The van der Waals surface area contributed by atoms with E-state index >= 15 is 0 Å². The first-order chi connectivity index (χ1) is 32.5. The molecule has 7 rings (SSSR count). The highest BCUT2D eigenvalue weighted by Crippen LogP contribution is 2.47. The number of benzene rings is 3. The summed E-state index contributed by atoms with van der Waals surface area (Å²) >= 11 is 0. The normalized spacial score (nSPS) is 33.7. The van der Waals surface area contributed by atoms with Crippen LogP contribution in [0.4, 0.5) is 0 Å². The molecule has 0 spiro atoms. The number of aliphatic hydroxyl groups excluding tert-OH is 10. The van der Waals surface area contributed by atoms with Crippen LogP contribution in [0.2, 0.25) is 0 Å². The molecule has 68 heavy (non-hydrogen) atoms. The van der Waals surface area contributed by atoms with E-state index in [0.29, 0.717) is 5.56 Å². The van der Waals surface area contributed by atoms with E-state index in [2.05, 4.69) is 0 Å². The molecule has 24 heteroatoms. The Morgan fingerprint density at radius 2 is 1.22 bits per heavy atom. The summed E-state index contributed by atoms with van der Waals surface area (Å²) in [6.07, 6.45) is -25.0. The van der Waals surface area contributed by atoms with Gasteiger partial charge in [0, 0.05) is 23.8 Å². The van der Waals surface area contributed by atoms with Crippen molar-refractivity contribution in [3.8, 4) is 40.2 Å². The number of hydrogen-bond donors (Lipinski definition) is 13. The van der Waals surface area contributed by atoms with Crippen LogP contribution in [0.1, 0.15) is 22.8 Å². The SMILES string of the molecule is COc1cc(/C=C/C(=O)OC[C@H]2O[C@@H](OC3=Cc4c(cc(O)cc4O[C@@H]4O[C@H](CO)[C@@H](O)[C@H](O)[C@H]4O)OC3c3ccc(O)c(OC)c3)[C@H](O[C@@H]3O[C@H](CO)[C@@H](O)[C@H](O)[C@H]3O)[C@@H](O)[C@@H]2O)ccc1O. The van der Waals surface area contributed by atoms with Crippen LogP contribution in [0, 0.1) is 0 Å². The highest BCUT2D eigenvalue weighted by molar-refractivity contribution is 5.87. The van der Waals surface area contributed by atoms with Crippen molar-refractivity contribution in [1.82, 2.24) is 0 Å². The molecule has 24 nitrogen and oxygen atoms in total. The number of carbonyl (C=O) groups is 1. The first-order valence-electron chi connectivity index (χ1n) is 20.9. The third-order valence-electron chi connectivity index (χ3n) is 11.5. The van der Waals surface area contributed by atoms with E-state index in [1.807, 2.05) is 0 Å². The molecule has 0 aliphatic carbocycles. The van der Waals surface area contributed by atoms with E-state index in [1.54, 1.807) is 0 Å². The van der Waals surface area contributed by atoms with Gasteiger partial charge in [0.2, 0.25) is 12.6 Å². The van der Waals surface area contributed by atoms with E-state index in [0.717, 1.165) is 12.1 Å². The van der Waals surface area contributed by atoms with Gasteiger partial charge in [-0.05, 0) is 42.0 Å². The van der Waals surface area contributed by atoms with Gasteiger partial charge < -0.3 is 114 Å². The Kier molecular flexibility index (Phi) is 15.8. The molecule has 0 aromatic heterocycles. The summed E-state index contributed by atoms with van der Waals surface area (Å²) in [6, 6.07) is 10.5. The minimum atomic E-state index is -2.06. The monoisotopic (exact) mass is 964 g/mol. The standard InChI is InChI=1S/C44H52O24/c1-59-25-9-17(3-6-21(25)48)4-8-31(50)61-16-30-34(53)37(56)41(68-43-39(58)36(55)33(52)29(15-46)66-43)44(67-30)64-27-13-20-23(62-40(27)18-5-7-22(49)26(10-18)60-2)11-19(47)12-24(20)63-42-38(57)35(54)32(51)28(14-45)65-42/h3-13,28-30,32-49,51-58H,14-16H2,1-2H3/b8-4+/t28-,29-,30-,32-,33-,34-,35+,36+,37+,38-,39-,40?,41-,42-,43+,44-/m1/s1. The largest absolute Gasteiger partial charge is 0.508 e. The lowest BCUT2D eigenvalue weighted by Crippen LogP contribution is -2.64. The number of esters is 1. The lowest BCUT2D eigenvalue weighted by atomic mass is 9.97. The molecule has 1 unspecified atom stereocenters. The topological polar surface area (TPSA) is 372 Å². The Morgan fingerprint density at radius 1 is 0.632 bits per heavy atom. The Labute approximate surface area is 385 Å². The number of aliphatic hydroxyl groups is 10. The molecular formula is C44H52O24. The van der Waals surface area contributed by atoms with Gasteiger partial charge in [-0.2, -0.15) is 0 Å². The number of fused-ring (bicyclic) bond motifs is 1. The van der Waals surface area contributed by atoms with Crippen LogP contribution in [-0.4, -0.2) is 199 Å². The Bertz CT molecular complexity index is 2290. The van der Waals surface area contributed by atoms with Crippen molar-refractivity contribution in [2.75, 3.05) is 34.0 Å². The first kappa shape index (κ1) is 50.3. The molecule has 0 saturated carbocycles. The molecule has 4 aliphatic rings. The number of phenolic OH excluding ortho intramolecular Hbond substituents is 3. The molecule has 3 aromatic rings. The number of hydrogen-bond acceptors (Lipinski definition) is 24. The quantitative estimate of drug-likeness (QED) is 0.0548. The van der Waals surface area contributed by atoms with E-state index in [4.69, 9.17) is 47.4 Å². The average molecular weight is 965 g/mol. The van der Waals surface area contributed by atoms with Crippen molar-refractivity contribution < 1.29 is 119 Å². The van der Waals surface area contributed by atoms with Crippen LogP contribution in [0.15, 0.2) is 60.4 Å². The Balaban J connectivity index is 1.25. The van der Waals surface area contributed by atoms with Crippen LogP contribution in [0.5, 0.6) is 40.2 Å². The molecule has 372 valence electrons. The van der Waals surface area contributed by atoms with Gasteiger partial charge in [0.15, 0.2) is 41.5 Å². The van der Waals surface area contributed by atoms with Crippen LogP contribution < -0.4 is 18.9 Å². The fourth-order valence-electron chi connectivity index (χ4n) is 7.73. The molecule has 13 N–H and O–H groups in total. The van der Waals surface area contributed by atoms with Crippen LogP contribution in [0.25, 0.3) is 12.2 Å². The molecule has 3 saturated heterocycles. The predicted octanol–water partition coefficient (Wildman–Crippen LogP) is -2.62. The maximum absolute atomic E-state index is 12.9. The second kappa shape index (κ2) is 21.4. The van der Waals surface area contributed by atoms with Crippen molar-refractivity contribution in [3.05, 3.63) is 77.1 Å². The summed E-state index contributed by atoms with van der Waals surface area (Å²) in [4.78, 5) is 12.9. The van der Waals surface area contributed by atoms with E-state index in [1.165, 1.54) is 68.8 Å². The Morgan fingerprint density at radius 3 is 1.87 bits per heavy atom. The lowest BCUT2D eigenvalue weighted by molar-refractivity contribution is -0.364. The molecule has 0 radical (unpaired) electrons. The number of methoxy groups -OCH3 is 2. The van der Waals surface area contributed by atoms with Gasteiger partial charge in [0.05, 0.1) is 33.0 Å². The summed E-state index contributed by atoms with van der Waals surface area (Å²) in [5, 5.41) is 137. The molecule has 4 aliphatic heterocycles. The average Bonchev–Trinajstić information content (AvgIpc) is 3.33. The molecule has 0 bridgehead atoms. The summed E-state index contributed by atoms with van der Waals surface area (Å²) < 4.78 is 57.5. The first-order valence-corrected chi connectivity index (χ1v) is 20.9. The summed E-state index contributed by atoms with van der Waals surface area (Å²) in [5.41, 5.74) is 0.607. The highest BCUT2D eigenvalue weighted by Gasteiger charge is 2.53. The van der Waals surface area contributed by atoms with Crippen molar-refractivity contribution in [1.29, 1.82) is 0 Å². The number of aromatic hydroxyl groups is 3. The fraction of sp³-hybridized carbons (Fsp3) is 0.477. The number of carbonyl (C=O) groups excluding carboxylic acids is 1. The third-order valence-corrected chi connectivity index (χ3v) is 11.5. The van der Waals surface area contributed by atoms with Crippen molar-refractivity contribution in [2.24, 2.45) is 0 Å². The van der Waals surface area contributed by atoms with Gasteiger partial charge in [-0.3, -0.25) is 0 Å². The van der Waals surface area contributed by atoms with Gasteiger partial charge >= 0.3 is 5.97 Å². The molecule has 4 heterocycles. The molecular weight excluding hydrogens is 912 g/mol. The highest BCUT2D eigenvalue weighted by atomic mass is 16.8. The zero-order valence-electron chi connectivity index (χ0n) is 36.0. The smallest absolute Gasteiger partial charge is 0.330 e. The number of phenols is 3. The fourth-order valence-corrected chi connectivity index (χ4v) is 7.73. The van der Waals surface area contributed by atoms with E-state index < -0.39 is 130 Å². The second-order valence-corrected chi connectivity index (χ2v) is 16.0. The van der Waals surface area contributed by atoms with Gasteiger partial charge in [0.25, 0.3) is 0 Å². The van der Waals surface area contributed by atoms with Crippen LogP contribution >= 0.6 is 0 Å².